The number of rotatable bonds is 14. The van der Waals surface area contributed by atoms with Gasteiger partial charge in [-0.15, -0.1) is 0 Å². The second kappa shape index (κ2) is 33.1. The summed E-state index contributed by atoms with van der Waals surface area (Å²) in [6, 6.07) is 133. The molecule has 4 atom stereocenters. The van der Waals surface area contributed by atoms with Crippen molar-refractivity contribution in [3.63, 3.8) is 0 Å². The van der Waals surface area contributed by atoms with Gasteiger partial charge in [-0.05, 0) is 287 Å². The molecule has 8 aliphatic carbocycles. The molecule has 0 amide bonds. The first-order valence-corrected chi connectivity index (χ1v) is 45.7. The number of hydrogen-bond donors (Lipinski definition) is 2. The molecule has 12 heteroatoms. The van der Waals surface area contributed by atoms with Crippen LogP contribution in [0.5, 0.6) is 0 Å². The van der Waals surface area contributed by atoms with Gasteiger partial charge in [-0.2, -0.15) is 10.5 Å². The number of aromatic nitrogens is 6. The highest BCUT2D eigenvalue weighted by Crippen LogP contribution is 2.68. The second-order valence-electron chi connectivity index (χ2n) is 37.0. The molecule has 0 radical (unpaired) electrons. The maximum atomic E-state index is 9.26. The maximum absolute atomic E-state index is 9.26. The Labute approximate surface area is 754 Å². The van der Waals surface area contributed by atoms with Gasteiger partial charge in [0.15, 0.2) is 34.9 Å². The summed E-state index contributed by atoms with van der Waals surface area (Å²) in [5.41, 5.74) is 22.0. The van der Waals surface area contributed by atoms with Gasteiger partial charge in [-0.3, -0.25) is 0 Å². The maximum Gasteiger partial charge on any atom is 0.488 e. The number of benzene rings is 16. The summed E-state index contributed by atoms with van der Waals surface area (Å²) in [5.74, 6) is 7.24. The Balaban J connectivity index is 0.000000135. The summed E-state index contributed by atoms with van der Waals surface area (Å²) >= 11 is 3.68. The summed E-state index contributed by atoms with van der Waals surface area (Å²) in [5, 5.41) is 44.7. The molecule has 128 heavy (non-hydrogen) atoms. The van der Waals surface area contributed by atoms with E-state index >= 15 is 0 Å². The molecule has 8 bridgehead atoms. The quantitative estimate of drug-likeness (QED) is 0.0790. The molecule has 0 aliphatic heterocycles. The van der Waals surface area contributed by atoms with Crippen molar-refractivity contribution in [1.29, 1.82) is 10.5 Å². The van der Waals surface area contributed by atoms with Gasteiger partial charge in [0.2, 0.25) is 0 Å². The molecule has 18 aromatic rings. The summed E-state index contributed by atoms with van der Waals surface area (Å²) in [7, 11) is -1.46. The summed E-state index contributed by atoms with van der Waals surface area (Å²) in [6.07, 6.45) is 16.0. The van der Waals surface area contributed by atoms with Crippen LogP contribution in [0.15, 0.2) is 368 Å². The van der Waals surface area contributed by atoms with Gasteiger partial charge >= 0.3 is 7.12 Å². The molecular weight excluding hydrogens is 1630 g/mol. The van der Waals surface area contributed by atoms with Crippen molar-refractivity contribution in [2.24, 2.45) is 23.7 Å². The minimum Gasteiger partial charge on any atom is -0.423 e. The van der Waals surface area contributed by atoms with Crippen LogP contribution in [0.4, 0.5) is 0 Å². The average Bonchev–Trinajstić information content (AvgIpc) is 0.706. The normalized spacial score (nSPS) is 20.8. The Bertz CT molecular complexity index is 7190. The SMILES string of the molecule is Brc1ccc(C23CC4CC(C2)CC(c2ccc(-c5ccc6ccc7cc(-c8nc(-c9ccccc9)nc(-c9ccccc9)n8)ccc7c6c5)cc2)(C4)C3)cc1.N#Cc1ccc(-c2ccc(C34CC5CC(C3)CC(c3ccc(-c6ccc7ccc8cc(-c9nc(-c%10ccccc%10)nc(-c%10ccccc%10)n9)ccc8c7c6)cc3)(C5)C4)cc2)cc1.N#Cc1ccc(B(O)O)cc1. The average molecular weight is 1720 g/mol. The number of halogens is 1. The van der Waals surface area contributed by atoms with Crippen LogP contribution in [-0.4, -0.2) is 47.1 Å². The zero-order chi connectivity index (χ0) is 86.1. The predicted octanol–water partition coefficient (Wildman–Crippen LogP) is 26.8. The van der Waals surface area contributed by atoms with Gasteiger partial charge in [0, 0.05) is 37.9 Å². The molecule has 8 aliphatic rings. The third-order valence-corrected chi connectivity index (χ3v) is 29.5. The summed E-state index contributed by atoms with van der Waals surface area (Å²) in [6.45, 7) is 0. The third-order valence-electron chi connectivity index (χ3n) is 29.0. The third kappa shape index (κ3) is 15.3. The van der Waals surface area contributed by atoms with Gasteiger partial charge < -0.3 is 10.0 Å². The van der Waals surface area contributed by atoms with E-state index in [-0.39, 0.29) is 16.2 Å². The van der Waals surface area contributed by atoms with Crippen LogP contribution in [0.25, 0.3) is 145 Å². The van der Waals surface area contributed by atoms with Gasteiger partial charge in [-0.1, -0.05) is 319 Å². The monoisotopic (exact) mass is 1720 g/mol. The van der Waals surface area contributed by atoms with Crippen LogP contribution in [-0.2, 0) is 21.7 Å². The van der Waals surface area contributed by atoms with E-state index in [0.717, 1.165) is 68.0 Å². The molecule has 2 N–H and O–H groups in total. The molecular formula is C116H90BBrN8O2. The van der Waals surface area contributed by atoms with Crippen molar-refractivity contribution in [3.05, 3.63) is 402 Å². The van der Waals surface area contributed by atoms with Crippen molar-refractivity contribution in [1.82, 2.24) is 29.9 Å². The standard InChI is InChI=1S/C58H44N4.C51H40BrN3.C7H6BNO2/c59-36-38-11-13-41(14-12-38)42-19-24-50(25-20-42)57-32-39-29-40(33-57)35-58(34-39,37-57)51-26-21-43(22-27-51)47-17-15-44-16-18-48-30-49(23-28-52(48)53(44)31-47)56-61-54(45-7-3-1-4-8-45)60-55(62-56)46-9-5-2-6-10-46;52-44-22-20-43(21-23-44)51-30-33-25-34(31-51)29-50(28-33,32-51)42-18-15-35(16-19-42)39-13-11-36-12-14-40-26-41(17-24-45(40)46(36)27-39)49-54-47(37-7-3-1-4-8-37)53-48(55-49)38-9-5-2-6-10-38;9-5-6-1-3-7(4-2-6)8(10)11/h1-28,30-31,39-40H,29,32-35,37H2;1-24,26-27,33-34H,25,28-32H2;1-4,10-11H. The molecule has 2 heterocycles. The van der Waals surface area contributed by atoms with Crippen LogP contribution in [0.2, 0.25) is 0 Å². The zero-order valence-electron chi connectivity index (χ0n) is 70.9. The van der Waals surface area contributed by atoms with E-state index in [4.69, 9.17) is 45.2 Å². The molecule has 26 rings (SSSR count). The molecule has 16 aromatic carbocycles. The van der Waals surface area contributed by atoms with Crippen molar-refractivity contribution in [2.75, 3.05) is 0 Å². The summed E-state index contributed by atoms with van der Waals surface area (Å²) in [4.78, 5) is 29.7. The molecule has 8 fully saturated rings. The fourth-order valence-corrected chi connectivity index (χ4v) is 24.1. The van der Waals surface area contributed by atoms with Crippen molar-refractivity contribution in [2.45, 2.75) is 98.7 Å². The lowest BCUT2D eigenvalue weighted by molar-refractivity contribution is -0.0282. The first-order valence-electron chi connectivity index (χ1n) is 44.9. The lowest BCUT2D eigenvalue weighted by Crippen LogP contribution is -2.55. The van der Waals surface area contributed by atoms with E-state index in [1.54, 1.807) is 11.1 Å². The predicted molar refractivity (Wildman–Crippen MR) is 521 cm³/mol. The van der Waals surface area contributed by atoms with E-state index < -0.39 is 7.12 Å². The smallest absolute Gasteiger partial charge is 0.423 e. The zero-order valence-corrected chi connectivity index (χ0v) is 72.4. The lowest BCUT2D eigenvalue weighted by atomic mass is 9.41. The Morgan fingerprint density at radius 3 is 0.828 bits per heavy atom. The number of nitrogens with zero attached hydrogens (tertiary/aromatic N) is 8. The van der Waals surface area contributed by atoms with Gasteiger partial charge in [0.25, 0.3) is 0 Å². The largest absolute Gasteiger partial charge is 0.488 e. The molecule has 10 nitrogen and oxygen atoms in total. The molecule has 8 saturated carbocycles. The van der Waals surface area contributed by atoms with Gasteiger partial charge in [0.1, 0.15) is 0 Å². The minimum atomic E-state index is -1.46. The van der Waals surface area contributed by atoms with Gasteiger partial charge in [-0.25, -0.2) is 29.9 Å². The fourth-order valence-electron chi connectivity index (χ4n) is 23.8. The van der Waals surface area contributed by atoms with E-state index in [1.165, 1.54) is 182 Å². The Morgan fingerprint density at radius 2 is 0.516 bits per heavy atom. The first-order chi connectivity index (χ1) is 62.7. The Morgan fingerprint density at radius 1 is 0.258 bits per heavy atom. The topological polar surface area (TPSA) is 165 Å². The molecule has 0 saturated heterocycles. The number of hydrogen-bond acceptors (Lipinski definition) is 10. The Kier molecular flexibility index (Phi) is 20.7. The molecule has 2 aromatic heterocycles. The van der Waals surface area contributed by atoms with E-state index in [9.17, 15) is 5.26 Å². The van der Waals surface area contributed by atoms with Crippen molar-refractivity contribution >= 4 is 71.6 Å². The van der Waals surface area contributed by atoms with E-state index in [2.05, 4.69) is 253 Å². The lowest BCUT2D eigenvalue weighted by Gasteiger charge is -2.63. The molecule has 4 unspecified atom stereocenters. The fraction of sp³-hybridized carbons (Fsp3) is 0.172. The first kappa shape index (κ1) is 79.9. The van der Waals surface area contributed by atoms with Crippen LogP contribution < -0.4 is 5.46 Å². The van der Waals surface area contributed by atoms with Gasteiger partial charge in [0.05, 0.1) is 23.3 Å². The molecule has 0 spiro atoms. The number of fused-ring (bicyclic) bond motifs is 6. The van der Waals surface area contributed by atoms with E-state index in [0.29, 0.717) is 57.0 Å². The van der Waals surface area contributed by atoms with Crippen molar-refractivity contribution in [3.8, 4) is 114 Å². The highest BCUT2D eigenvalue weighted by Gasteiger charge is 2.60. The molecule has 616 valence electrons. The summed E-state index contributed by atoms with van der Waals surface area (Å²) < 4.78 is 1.17. The van der Waals surface area contributed by atoms with Crippen LogP contribution >= 0.6 is 15.9 Å². The van der Waals surface area contributed by atoms with E-state index in [1.807, 2.05) is 115 Å². The van der Waals surface area contributed by atoms with Crippen LogP contribution in [0.1, 0.15) is 110 Å². The number of nitriles is 2. The second-order valence-corrected chi connectivity index (χ2v) is 37.9. The minimum absolute atomic E-state index is 0.230. The van der Waals surface area contributed by atoms with Crippen LogP contribution in [0, 0.1) is 46.3 Å². The Hall–Kier alpha value is -14.0. The highest BCUT2D eigenvalue weighted by atomic mass is 79.9. The van der Waals surface area contributed by atoms with Crippen molar-refractivity contribution < 1.29 is 10.0 Å². The van der Waals surface area contributed by atoms with Crippen LogP contribution in [0.3, 0.4) is 0 Å². The highest BCUT2D eigenvalue weighted by molar-refractivity contribution is 9.10.